The number of nitrogens with one attached hydrogen (secondary N) is 1. The Hall–Kier alpha value is -1.51. The molecule has 2 aromatic rings. The summed E-state index contributed by atoms with van der Waals surface area (Å²) in [6.45, 7) is 0.393. The standard InChI is InChI=1S/C19H19Cl3N2O4S/c1-28-18-7-5-14(10-16(18)22)29(26,27)24-8-2-3-12(11-24)19(25)23-17-9-13(20)4-6-15(17)21/h4-7,9-10,12H,2-3,8,11H2,1H3,(H,23,25)/t12-/m1/s1. The van der Waals surface area contributed by atoms with Gasteiger partial charge in [0.15, 0.2) is 0 Å². The number of nitrogens with zero attached hydrogens (tertiary/aromatic N) is 1. The number of rotatable bonds is 5. The number of methoxy groups -OCH3 is 1. The Labute approximate surface area is 184 Å². The van der Waals surface area contributed by atoms with Gasteiger partial charge < -0.3 is 10.1 Å². The van der Waals surface area contributed by atoms with Crippen LogP contribution in [0.25, 0.3) is 0 Å². The van der Waals surface area contributed by atoms with Crippen molar-refractivity contribution in [2.75, 3.05) is 25.5 Å². The molecule has 0 radical (unpaired) electrons. The zero-order valence-corrected chi connectivity index (χ0v) is 18.6. The second kappa shape index (κ2) is 9.10. The molecule has 1 aliphatic heterocycles. The lowest BCUT2D eigenvalue weighted by Crippen LogP contribution is -2.43. The van der Waals surface area contributed by atoms with Crippen LogP contribution in [0.1, 0.15) is 12.8 Å². The zero-order chi connectivity index (χ0) is 21.2. The molecule has 1 atom stereocenters. The van der Waals surface area contributed by atoms with Gasteiger partial charge in [-0.05, 0) is 49.2 Å². The van der Waals surface area contributed by atoms with Gasteiger partial charge >= 0.3 is 0 Å². The van der Waals surface area contributed by atoms with E-state index in [0.717, 1.165) is 0 Å². The van der Waals surface area contributed by atoms with Crippen molar-refractivity contribution < 1.29 is 17.9 Å². The van der Waals surface area contributed by atoms with Crippen molar-refractivity contribution in [1.82, 2.24) is 4.31 Å². The van der Waals surface area contributed by atoms with Crippen molar-refractivity contribution in [2.24, 2.45) is 5.92 Å². The van der Waals surface area contributed by atoms with Crippen LogP contribution in [0.5, 0.6) is 5.75 Å². The Kier molecular flexibility index (Phi) is 6.96. The fourth-order valence-electron chi connectivity index (χ4n) is 3.16. The van der Waals surface area contributed by atoms with Crippen molar-refractivity contribution in [3.05, 3.63) is 51.5 Å². The summed E-state index contributed by atoms with van der Waals surface area (Å²) in [6, 6.07) is 9.06. The summed E-state index contributed by atoms with van der Waals surface area (Å²) in [4.78, 5) is 12.8. The highest BCUT2D eigenvalue weighted by Gasteiger charge is 2.33. The first-order chi connectivity index (χ1) is 13.7. The molecular weight excluding hydrogens is 459 g/mol. The molecule has 0 aromatic heterocycles. The number of halogens is 3. The minimum Gasteiger partial charge on any atom is -0.495 e. The Morgan fingerprint density at radius 1 is 1.14 bits per heavy atom. The molecule has 1 amide bonds. The van der Waals surface area contributed by atoms with Gasteiger partial charge in [-0.2, -0.15) is 4.31 Å². The van der Waals surface area contributed by atoms with Gasteiger partial charge in [0.25, 0.3) is 0 Å². The predicted molar refractivity (Wildman–Crippen MR) is 115 cm³/mol. The number of ether oxygens (including phenoxy) is 1. The van der Waals surface area contributed by atoms with E-state index in [2.05, 4.69) is 5.32 Å². The maximum atomic E-state index is 13.0. The first kappa shape index (κ1) is 22.2. The number of carbonyl (C=O) groups is 1. The highest BCUT2D eigenvalue weighted by atomic mass is 35.5. The number of benzene rings is 2. The fourth-order valence-corrected chi connectivity index (χ4v) is 5.37. The number of sulfonamides is 1. The van der Waals surface area contributed by atoms with Gasteiger partial charge in [-0.1, -0.05) is 34.8 Å². The van der Waals surface area contributed by atoms with Crippen LogP contribution >= 0.6 is 34.8 Å². The zero-order valence-electron chi connectivity index (χ0n) is 15.5. The number of hydrogen-bond acceptors (Lipinski definition) is 4. The summed E-state index contributed by atoms with van der Waals surface area (Å²) in [6.07, 6.45) is 1.13. The Morgan fingerprint density at radius 3 is 2.59 bits per heavy atom. The van der Waals surface area contributed by atoms with Crippen LogP contribution in [0.2, 0.25) is 15.1 Å². The van der Waals surface area contributed by atoms with E-state index in [1.165, 1.54) is 29.6 Å². The number of anilines is 1. The van der Waals surface area contributed by atoms with E-state index in [-0.39, 0.29) is 22.4 Å². The molecule has 0 aliphatic carbocycles. The van der Waals surface area contributed by atoms with Gasteiger partial charge in [-0.25, -0.2) is 8.42 Å². The molecule has 1 saturated heterocycles. The van der Waals surface area contributed by atoms with Crippen molar-refractivity contribution >= 4 is 56.4 Å². The van der Waals surface area contributed by atoms with Gasteiger partial charge in [0.05, 0.1) is 33.7 Å². The molecule has 0 saturated carbocycles. The van der Waals surface area contributed by atoms with E-state index < -0.39 is 15.9 Å². The molecule has 156 valence electrons. The summed E-state index contributed by atoms with van der Waals surface area (Å²) in [5.41, 5.74) is 0.395. The van der Waals surface area contributed by atoms with Crippen molar-refractivity contribution in [1.29, 1.82) is 0 Å². The van der Waals surface area contributed by atoms with Crippen LogP contribution in [0.3, 0.4) is 0 Å². The first-order valence-electron chi connectivity index (χ1n) is 8.82. The molecule has 6 nitrogen and oxygen atoms in total. The summed E-state index contributed by atoms with van der Waals surface area (Å²) in [7, 11) is -2.34. The van der Waals surface area contributed by atoms with Crippen LogP contribution in [0.15, 0.2) is 41.3 Å². The molecule has 1 fully saturated rings. The molecular formula is C19H19Cl3N2O4S. The smallest absolute Gasteiger partial charge is 0.243 e. The summed E-state index contributed by atoms with van der Waals surface area (Å²) in [5, 5.41) is 3.74. The molecule has 0 unspecified atom stereocenters. The van der Waals surface area contributed by atoms with Crippen LogP contribution in [-0.2, 0) is 14.8 Å². The highest BCUT2D eigenvalue weighted by Crippen LogP contribution is 2.31. The molecule has 29 heavy (non-hydrogen) atoms. The molecule has 10 heteroatoms. The summed E-state index contributed by atoms with van der Waals surface area (Å²) < 4.78 is 32.4. The monoisotopic (exact) mass is 476 g/mol. The average molecular weight is 478 g/mol. The SMILES string of the molecule is COc1ccc(S(=O)(=O)N2CCC[C@@H](C(=O)Nc3cc(Cl)ccc3Cl)C2)cc1Cl. The maximum Gasteiger partial charge on any atom is 0.243 e. The van der Waals surface area contributed by atoms with E-state index in [9.17, 15) is 13.2 Å². The second-order valence-corrected chi connectivity index (χ2v) is 9.80. The molecule has 3 rings (SSSR count). The number of amides is 1. The molecule has 1 aliphatic rings. The van der Waals surface area contributed by atoms with Gasteiger partial charge in [0.2, 0.25) is 15.9 Å². The minimum atomic E-state index is -3.80. The average Bonchev–Trinajstić information content (AvgIpc) is 2.70. The lowest BCUT2D eigenvalue weighted by Gasteiger charge is -2.31. The van der Waals surface area contributed by atoms with E-state index in [1.54, 1.807) is 18.2 Å². The number of carbonyl (C=O) groups excluding carboxylic acids is 1. The Morgan fingerprint density at radius 2 is 1.90 bits per heavy atom. The van der Waals surface area contributed by atoms with Crippen molar-refractivity contribution in [3.8, 4) is 5.75 Å². The quantitative estimate of drug-likeness (QED) is 0.677. The van der Waals surface area contributed by atoms with Crippen LogP contribution < -0.4 is 10.1 Å². The predicted octanol–water partition coefficient (Wildman–Crippen LogP) is 4.69. The Bertz CT molecular complexity index is 1030. The van der Waals surface area contributed by atoms with Gasteiger partial charge in [-0.15, -0.1) is 0 Å². The minimum absolute atomic E-state index is 0.0576. The molecule has 0 bridgehead atoms. The maximum absolute atomic E-state index is 13.0. The van der Waals surface area contributed by atoms with Gasteiger partial charge in [0.1, 0.15) is 5.75 Å². The van der Waals surface area contributed by atoms with Gasteiger partial charge in [-0.3, -0.25) is 4.79 Å². The lowest BCUT2D eigenvalue weighted by molar-refractivity contribution is -0.120. The second-order valence-electron chi connectivity index (χ2n) is 6.61. The normalized spacial score (nSPS) is 17.7. The molecule has 1 heterocycles. The Balaban J connectivity index is 1.76. The van der Waals surface area contributed by atoms with Crippen LogP contribution in [0.4, 0.5) is 5.69 Å². The third-order valence-corrected chi connectivity index (χ3v) is 7.42. The van der Waals surface area contributed by atoms with Crippen molar-refractivity contribution in [3.63, 3.8) is 0 Å². The topological polar surface area (TPSA) is 75.7 Å². The lowest BCUT2D eigenvalue weighted by atomic mass is 9.99. The first-order valence-corrected chi connectivity index (χ1v) is 11.4. The third-order valence-electron chi connectivity index (χ3n) is 4.70. The third kappa shape index (κ3) is 4.98. The fraction of sp³-hybridized carbons (Fsp3) is 0.316. The van der Waals surface area contributed by atoms with Crippen LogP contribution in [0, 0.1) is 5.92 Å². The van der Waals surface area contributed by atoms with Crippen molar-refractivity contribution in [2.45, 2.75) is 17.7 Å². The van der Waals surface area contributed by atoms with Gasteiger partial charge in [0, 0.05) is 18.1 Å². The van der Waals surface area contributed by atoms with E-state index >= 15 is 0 Å². The molecule has 0 spiro atoms. The summed E-state index contributed by atoms with van der Waals surface area (Å²) in [5.74, 6) is -0.427. The highest BCUT2D eigenvalue weighted by molar-refractivity contribution is 7.89. The summed E-state index contributed by atoms with van der Waals surface area (Å²) >= 11 is 18.1. The van der Waals surface area contributed by atoms with E-state index in [4.69, 9.17) is 39.5 Å². The van der Waals surface area contributed by atoms with E-state index in [0.29, 0.717) is 40.9 Å². The number of piperidine rings is 1. The molecule has 2 aromatic carbocycles. The molecule has 1 N–H and O–H groups in total. The van der Waals surface area contributed by atoms with E-state index in [1.807, 2.05) is 0 Å². The number of hydrogen-bond donors (Lipinski definition) is 1. The van der Waals surface area contributed by atoms with Crippen LogP contribution in [-0.4, -0.2) is 38.8 Å². The largest absolute Gasteiger partial charge is 0.495 e.